The van der Waals surface area contributed by atoms with Crippen molar-refractivity contribution in [3.05, 3.63) is 48.2 Å². The van der Waals surface area contributed by atoms with E-state index in [4.69, 9.17) is 10.5 Å². The number of aromatic nitrogens is 1. The number of nitrogens with zero attached hydrogens (tertiary/aromatic N) is 3. The minimum Gasteiger partial charge on any atom is -0.439 e. The van der Waals surface area contributed by atoms with Crippen molar-refractivity contribution in [1.29, 1.82) is 0 Å². The van der Waals surface area contributed by atoms with Gasteiger partial charge in [0, 0.05) is 37.9 Å². The van der Waals surface area contributed by atoms with E-state index in [0.29, 0.717) is 43.1 Å². The van der Waals surface area contributed by atoms with Crippen molar-refractivity contribution >= 4 is 17.8 Å². The van der Waals surface area contributed by atoms with Gasteiger partial charge in [-0.2, -0.15) is 13.2 Å². The summed E-state index contributed by atoms with van der Waals surface area (Å²) in [6.07, 6.45) is -3.35. The van der Waals surface area contributed by atoms with E-state index in [1.807, 2.05) is 4.90 Å². The highest BCUT2D eigenvalue weighted by Gasteiger charge is 2.30. The fraction of sp³-hybridized carbons (Fsp3) is 0.316. The summed E-state index contributed by atoms with van der Waals surface area (Å²) >= 11 is 0. The highest BCUT2D eigenvalue weighted by atomic mass is 19.4. The second kappa shape index (κ2) is 8.38. The van der Waals surface area contributed by atoms with Gasteiger partial charge in [-0.25, -0.2) is 9.78 Å². The number of primary amides is 1. The van der Waals surface area contributed by atoms with E-state index >= 15 is 0 Å². The summed E-state index contributed by atoms with van der Waals surface area (Å²) in [6.45, 7) is 1.41. The molecule has 2 amide bonds. The number of rotatable bonds is 4. The number of pyridine rings is 1. The molecule has 29 heavy (non-hydrogen) atoms. The third-order valence-electron chi connectivity index (χ3n) is 4.49. The van der Waals surface area contributed by atoms with Crippen molar-refractivity contribution in [2.75, 3.05) is 37.7 Å². The van der Waals surface area contributed by atoms with Crippen LogP contribution in [-0.4, -0.2) is 54.7 Å². The number of anilines is 1. The Morgan fingerprint density at radius 1 is 1.00 bits per heavy atom. The molecule has 0 bridgehead atoms. The highest BCUT2D eigenvalue weighted by molar-refractivity contribution is 5.78. The summed E-state index contributed by atoms with van der Waals surface area (Å²) in [6, 6.07) is 8.48. The van der Waals surface area contributed by atoms with E-state index in [-0.39, 0.29) is 0 Å². The molecule has 1 aromatic heterocycles. The first kappa shape index (κ1) is 20.4. The molecule has 0 saturated carbocycles. The quantitative estimate of drug-likeness (QED) is 0.840. The van der Waals surface area contributed by atoms with Crippen LogP contribution in [0.5, 0.6) is 0 Å². The fourth-order valence-electron chi connectivity index (χ4n) is 2.94. The number of alkyl halides is 3. The molecule has 0 spiro atoms. The van der Waals surface area contributed by atoms with E-state index in [1.165, 1.54) is 17.0 Å². The largest absolute Gasteiger partial charge is 0.439 e. The predicted molar refractivity (Wildman–Crippen MR) is 99.0 cm³/mol. The van der Waals surface area contributed by atoms with Crippen molar-refractivity contribution in [2.45, 2.75) is 6.18 Å². The van der Waals surface area contributed by atoms with Gasteiger partial charge in [-0.1, -0.05) is 12.1 Å². The van der Waals surface area contributed by atoms with E-state index < -0.39 is 30.3 Å². The molecule has 2 N–H and O–H groups in total. The Labute approximate surface area is 164 Å². The Morgan fingerprint density at radius 2 is 1.62 bits per heavy atom. The molecule has 2 heterocycles. The monoisotopic (exact) mass is 408 g/mol. The van der Waals surface area contributed by atoms with E-state index in [0.717, 1.165) is 12.1 Å². The summed E-state index contributed by atoms with van der Waals surface area (Å²) in [5.74, 6) is -0.0138. The Balaban J connectivity index is 1.58. The Hall–Kier alpha value is -3.30. The SMILES string of the molecule is NC(=O)COC(=O)N1CCN(c2ccc(-c3ccc(C(F)(F)F)cc3)cn2)CC1. The number of nitrogens with two attached hydrogens (primary N) is 1. The molecule has 2 aromatic rings. The second-order valence-electron chi connectivity index (χ2n) is 6.48. The number of carbonyl (C=O) groups excluding carboxylic acids is 2. The number of ether oxygens (including phenoxy) is 1. The zero-order valence-corrected chi connectivity index (χ0v) is 15.4. The van der Waals surface area contributed by atoms with Crippen LogP contribution in [0.15, 0.2) is 42.6 Å². The van der Waals surface area contributed by atoms with Crippen LogP contribution in [0.1, 0.15) is 5.56 Å². The van der Waals surface area contributed by atoms with Gasteiger partial charge >= 0.3 is 12.3 Å². The lowest BCUT2D eigenvalue weighted by atomic mass is 10.1. The van der Waals surface area contributed by atoms with Crippen LogP contribution in [0.4, 0.5) is 23.8 Å². The van der Waals surface area contributed by atoms with Crippen molar-refractivity contribution in [2.24, 2.45) is 5.73 Å². The van der Waals surface area contributed by atoms with Crippen molar-refractivity contribution in [3.63, 3.8) is 0 Å². The molecule has 10 heteroatoms. The summed E-state index contributed by atoms with van der Waals surface area (Å²) in [7, 11) is 0. The van der Waals surface area contributed by atoms with Crippen LogP contribution >= 0.6 is 0 Å². The lowest BCUT2D eigenvalue weighted by molar-refractivity contribution is -0.137. The molecule has 1 saturated heterocycles. The van der Waals surface area contributed by atoms with Crippen LogP contribution in [0.25, 0.3) is 11.1 Å². The third-order valence-corrected chi connectivity index (χ3v) is 4.49. The second-order valence-corrected chi connectivity index (χ2v) is 6.48. The molecule has 0 atom stereocenters. The Bertz CT molecular complexity index is 862. The normalized spacial score (nSPS) is 14.6. The van der Waals surface area contributed by atoms with Gasteiger partial charge < -0.3 is 20.3 Å². The van der Waals surface area contributed by atoms with Gasteiger partial charge in [-0.15, -0.1) is 0 Å². The van der Waals surface area contributed by atoms with E-state index in [9.17, 15) is 22.8 Å². The van der Waals surface area contributed by atoms with Gasteiger partial charge in [-0.3, -0.25) is 4.79 Å². The molecule has 0 unspecified atom stereocenters. The minimum atomic E-state index is -4.37. The molecule has 3 rings (SSSR count). The average molecular weight is 408 g/mol. The van der Waals surface area contributed by atoms with Crippen molar-refractivity contribution in [1.82, 2.24) is 9.88 Å². The number of hydrogen-bond donors (Lipinski definition) is 1. The molecule has 0 radical (unpaired) electrons. The molecule has 1 fully saturated rings. The third kappa shape index (κ3) is 5.15. The summed E-state index contributed by atoms with van der Waals surface area (Å²) in [5, 5.41) is 0. The zero-order chi connectivity index (χ0) is 21.0. The molecule has 1 aliphatic rings. The van der Waals surface area contributed by atoms with Gasteiger partial charge in [0.05, 0.1) is 5.56 Å². The molecule has 7 nitrogen and oxygen atoms in total. The van der Waals surface area contributed by atoms with Gasteiger partial charge in [0.1, 0.15) is 5.82 Å². The Morgan fingerprint density at radius 3 is 2.14 bits per heavy atom. The fourth-order valence-corrected chi connectivity index (χ4v) is 2.94. The summed E-state index contributed by atoms with van der Waals surface area (Å²) < 4.78 is 42.8. The molecule has 1 aliphatic heterocycles. The van der Waals surface area contributed by atoms with Crippen LogP contribution in [0.2, 0.25) is 0 Å². The van der Waals surface area contributed by atoms with Crippen molar-refractivity contribution in [3.8, 4) is 11.1 Å². The predicted octanol–water partition coefficient (Wildman–Crippen LogP) is 2.51. The number of piperazine rings is 1. The molecule has 154 valence electrons. The standard InChI is InChI=1S/C19H19F3N4O3/c20-19(21,22)15-4-1-13(2-5-15)14-3-6-17(24-11-14)25-7-9-26(10-8-25)18(28)29-12-16(23)27/h1-6,11H,7-10,12H2,(H2,23,27). The first-order valence-corrected chi connectivity index (χ1v) is 8.82. The van der Waals surface area contributed by atoms with Gasteiger partial charge in [0.15, 0.2) is 6.61 Å². The number of carbonyl (C=O) groups is 2. The topological polar surface area (TPSA) is 88.8 Å². The number of hydrogen-bond acceptors (Lipinski definition) is 5. The molecule has 1 aromatic carbocycles. The van der Waals surface area contributed by atoms with Gasteiger partial charge in [0.25, 0.3) is 5.91 Å². The maximum Gasteiger partial charge on any atom is 0.416 e. The Kier molecular flexibility index (Phi) is 5.90. The van der Waals surface area contributed by atoms with Crippen LogP contribution in [-0.2, 0) is 15.7 Å². The lowest BCUT2D eigenvalue weighted by Gasteiger charge is -2.34. The van der Waals surface area contributed by atoms with Gasteiger partial charge in [0.2, 0.25) is 0 Å². The van der Waals surface area contributed by atoms with Crippen LogP contribution in [0, 0.1) is 0 Å². The number of benzene rings is 1. The molecular weight excluding hydrogens is 389 g/mol. The van der Waals surface area contributed by atoms with Crippen LogP contribution < -0.4 is 10.6 Å². The maximum atomic E-state index is 12.7. The van der Waals surface area contributed by atoms with Crippen molar-refractivity contribution < 1.29 is 27.5 Å². The first-order chi connectivity index (χ1) is 13.7. The average Bonchev–Trinajstić information content (AvgIpc) is 2.72. The molecule has 0 aliphatic carbocycles. The highest BCUT2D eigenvalue weighted by Crippen LogP contribution is 2.31. The first-order valence-electron chi connectivity index (χ1n) is 8.82. The number of halogens is 3. The summed E-state index contributed by atoms with van der Waals surface area (Å²) in [4.78, 5) is 30.3. The maximum absolute atomic E-state index is 12.7. The summed E-state index contributed by atoms with van der Waals surface area (Å²) in [5.41, 5.74) is 5.59. The van der Waals surface area contributed by atoms with E-state index in [1.54, 1.807) is 18.3 Å². The minimum absolute atomic E-state index is 0.403. The van der Waals surface area contributed by atoms with E-state index in [2.05, 4.69) is 4.98 Å². The smallest absolute Gasteiger partial charge is 0.416 e. The van der Waals surface area contributed by atoms with Crippen LogP contribution in [0.3, 0.4) is 0 Å². The zero-order valence-electron chi connectivity index (χ0n) is 15.4. The molecular formula is C19H19F3N4O3. The number of amides is 2. The van der Waals surface area contributed by atoms with Gasteiger partial charge in [-0.05, 0) is 29.8 Å². The lowest BCUT2D eigenvalue weighted by Crippen LogP contribution is -2.49.